The number of carboxylic acids is 1. The smallest absolute Gasteiger partial charge is 0.326 e. The van der Waals surface area contributed by atoms with Gasteiger partial charge in [-0.2, -0.15) is 0 Å². The summed E-state index contributed by atoms with van der Waals surface area (Å²) < 4.78 is 20.4. The quantitative estimate of drug-likeness (QED) is 0.388. The summed E-state index contributed by atoms with van der Waals surface area (Å²) in [5.41, 5.74) is 4.80. The molecule has 6 rings (SSSR count). The molecule has 0 saturated carbocycles. The normalized spacial score (nSPS) is 18.1. The molecule has 2 saturated heterocycles. The Morgan fingerprint density at radius 3 is 2.62 bits per heavy atom. The second kappa shape index (κ2) is 11.5. The Balaban J connectivity index is 0.000000306. The van der Waals surface area contributed by atoms with Crippen LogP contribution in [0.4, 0.5) is 4.39 Å². The van der Waals surface area contributed by atoms with Gasteiger partial charge in [-0.05, 0) is 76.4 Å². The van der Waals surface area contributed by atoms with Crippen molar-refractivity contribution in [2.75, 3.05) is 19.6 Å². The lowest BCUT2D eigenvalue weighted by molar-refractivity contribution is -0.140. The van der Waals surface area contributed by atoms with Crippen molar-refractivity contribution in [3.8, 4) is 0 Å². The van der Waals surface area contributed by atoms with Gasteiger partial charge in [0, 0.05) is 47.8 Å². The van der Waals surface area contributed by atoms with E-state index in [1.165, 1.54) is 12.1 Å². The Kier molecular flexibility index (Phi) is 7.92. The first-order chi connectivity index (χ1) is 19.2. The van der Waals surface area contributed by atoms with Crippen molar-refractivity contribution < 1.29 is 23.6 Å². The average molecular weight is 550 g/mol. The summed E-state index contributed by atoms with van der Waals surface area (Å²) >= 11 is 0. The molecule has 5 heterocycles. The van der Waals surface area contributed by atoms with Crippen LogP contribution in [-0.2, 0) is 16.0 Å². The number of amides is 1. The van der Waals surface area contributed by atoms with E-state index < -0.39 is 12.0 Å². The van der Waals surface area contributed by atoms with E-state index in [9.17, 15) is 18.8 Å². The zero-order chi connectivity index (χ0) is 28.4. The summed E-state index contributed by atoms with van der Waals surface area (Å²) in [6.45, 7) is 6.59. The van der Waals surface area contributed by atoms with Gasteiger partial charge in [-0.3, -0.25) is 14.0 Å². The third kappa shape index (κ3) is 5.74. The minimum Gasteiger partial charge on any atom is -0.480 e. The number of benzene rings is 1. The number of rotatable bonds is 5. The first kappa shape index (κ1) is 27.4. The maximum atomic E-state index is 13.4. The second-order valence-electron chi connectivity index (χ2n) is 10.4. The number of hydrogen-bond acceptors (Lipinski definition) is 7. The van der Waals surface area contributed by atoms with Crippen molar-refractivity contribution in [3.63, 3.8) is 0 Å². The molecule has 2 N–H and O–H groups in total. The lowest BCUT2D eigenvalue weighted by Crippen LogP contribution is -2.35. The standard InChI is InChI=1S/C24H25FN4O2.C5H7NO3/c1-15-4-3-10-29-23(15)26-16(2)19(24(29)30)9-13-28-11-7-17(8-12-28)22-20-6-5-18(25)14-21(20)31-27-22;7-4-2-1-3(6-4)5(8)9/h3-6,10,14,17H,7-9,11-13H2,1-2H3;3H,1-2H2,(H,6,7)(H,8,9). The number of aryl methyl sites for hydroxylation is 2. The van der Waals surface area contributed by atoms with Crippen molar-refractivity contribution in [1.29, 1.82) is 0 Å². The highest BCUT2D eigenvalue weighted by molar-refractivity contribution is 5.87. The molecular weight excluding hydrogens is 517 g/mol. The Bertz CT molecular complexity index is 1620. The Morgan fingerprint density at radius 1 is 1.18 bits per heavy atom. The van der Waals surface area contributed by atoms with Crippen molar-refractivity contribution in [2.45, 2.75) is 57.9 Å². The highest BCUT2D eigenvalue weighted by atomic mass is 19.1. The first-order valence-corrected chi connectivity index (χ1v) is 13.5. The number of piperidine rings is 1. The zero-order valence-corrected chi connectivity index (χ0v) is 22.5. The van der Waals surface area contributed by atoms with Gasteiger partial charge in [0.1, 0.15) is 17.5 Å². The molecule has 0 bridgehead atoms. The van der Waals surface area contributed by atoms with Crippen molar-refractivity contribution >= 4 is 28.5 Å². The summed E-state index contributed by atoms with van der Waals surface area (Å²) in [6, 6.07) is 7.82. The molecule has 2 aliphatic heterocycles. The molecule has 3 aromatic heterocycles. The number of halogens is 1. The van der Waals surface area contributed by atoms with Crippen LogP contribution in [-0.4, -0.2) is 62.1 Å². The maximum Gasteiger partial charge on any atom is 0.326 e. The number of carbonyl (C=O) groups is 2. The van der Waals surface area contributed by atoms with E-state index in [0.29, 0.717) is 30.8 Å². The number of fused-ring (bicyclic) bond motifs is 2. The van der Waals surface area contributed by atoms with E-state index in [1.54, 1.807) is 16.7 Å². The van der Waals surface area contributed by atoms with E-state index in [0.717, 1.165) is 66.0 Å². The second-order valence-corrected chi connectivity index (χ2v) is 10.4. The number of nitrogens with one attached hydrogen (secondary N) is 1. The van der Waals surface area contributed by atoms with E-state index in [-0.39, 0.29) is 17.3 Å². The fraction of sp³-hybridized carbons (Fsp3) is 0.414. The van der Waals surface area contributed by atoms with Crippen LogP contribution in [0.25, 0.3) is 16.6 Å². The Hall–Kier alpha value is -4.12. The van der Waals surface area contributed by atoms with E-state index in [2.05, 4.69) is 20.4 Å². The van der Waals surface area contributed by atoms with Crippen LogP contribution < -0.4 is 10.9 Å². The number of nitrogens with zero attached hydrogens (tertiary/aromatic N) is 4. The van der Waals surface area contributed by atoms with Crippen LogP contribution in [0.5, 0.6) is 0 Å². The first-order valence-electron chi connectivity index (χ1n) is 13.5. The fourth-order valence-corrected chi connectivity index (χ4v) is 5.45. The number of aliphatic carboxylic acids is 1. The molecule has 10 nitrogen and oxygen atoms in total. The molecule has 210 valence electrons. The number of hydrogen-bond donors (Lipinski definition) is 2. The molecule has 40 heavy (non-hydrogen) atoms. The maximum absolute atomic E-state index is 13.4. The molecule has 0 aliphatic carbocycles. The summed E-state index contributed by atoms with van der Waals surface area (Å²) in [6.07, 6.45) is 5.18. The van der Waals surface area contributed by atoms with Gasteiger partial charge in [0.05, 0.1) is 5.69 Å². The number of carbonyl (C=O) groups excluding carboxylic acids is 1. The number of carboxylic acid groups (broad SMARTS) is 1. The highest BCUT2D eigenvalue weighted by Crippen LogP contribution is 2.32. The molecule has 0 radical (unpaired) electrons. The predicted molar refractivity (Wildman–Crippen MR) is 146 cm³/mol. The SMILES string of the molecule is Cc1nc2c(C)cccn2c(=O)c1CCN1CCC(c2noc3cc(F)ccc23)CC1.O=C1CCC(C(=O)O)N1. The van der Waals surface area contributed by atoms with Crippen LogP contribution >= 0.6 is 0 Å². The number of aromatic nitrogens is 3. The molecule has 1 unspecified atom stereocenters. The highest BCUT2D eigenvalue weighted by Gasteiger charge is 2.27. The van der Waals surface area contributed by atoms with E-state index in [4.69, 9.17) is 9.63 Å². The van der Waals surface area contributed by atoms with E-state index >= 15 is 0 Å². The third-order valence-corrected chi connectivity index (χ3v) is 7.76. The lowest BCUT2D eigenvalue weighted by Gasteiger charge is -2.31. The zero-order valence-electron chi connectivity index (χ0n) is 22.5. The van der Waals surface area contributed by atoms with Gasteiger partial charge in [0.2, 0.25) is 5.91 Å². The summed E-state index contributed by atoms with van der Waals surface area (Å²) in [5, 5.41) is 15.8. The summed E-state index contributed by atoms with van der Waals surface area (Å²) in [4.78, 5) is 40.6. The Morgan fingerprint density at radius 2 is 1.95 bits per heavy atom. The minimum atomic E-state index is -0.944. The largest absolute Gasteiger partial charge is 0.480 e. The van der Waals surface area contributed by atoms with Gasteiger partial charge in [-0.15, -0.1) is 0 Å². The number of likely N-dealkylation sites (tertiary alicyclic amines) is 1. The molecular formula is C29H32FN5O5. The van der Waals surface area contributed by atoms with Crippen LogP contribution in [0.1, 0.15) is 54.1 Å². The number of pyridine rings is 1. The molecule has 2 aliphatic rings. The molecule has 1 aromatic carbocycles. The van der Waals surface area contributed by atoms with Crippen LogP contribution in [0.15, 0.2) is 45.8 Å². The fourth-order valence-electron chi connectivity index (χ4n) is 5.45. The van der Waals surface area contributed by atoms with Crippen molar-refractivity contribution in [1.82, 2.24) is 24.8 Å². The minimum absolute atomic E-state index is 0.0300. The van der Waals surface area contributed by atoms with Gasteiger partial charge in [-0.25, -0.2) is 14.2 Å². The topological polar surface area (TPSA) is 130 Å². The molecule has 1 atom stereocenters. The molecule has 2 fully saturated rings. The van der Waals surface area contributed by atoms with Crippen molar-refractivity contribution in [2.24, 2.45) is 0 Å². The molecule has 4 aromatic rings. The van der Waals surface area contributed by atoms with Gasteiger partial charge in [0.25, 0.3) is 5.56 Å². The van der Waals surface area contributed by atoms with Gasteiger partial charge in [0.15, 0.2) is 5.58 Å². The lowest BCUT2D eigenvalue weighted by atomic mass is 9.91. The molecule has 0 spiro atoms. The molecule has 11 heteroatoms. The van der Waals surface area contributed by atoms with Gasteiger partial charge >= 0.3 is 5.97 Å². The monoisotopic (exact) mass is 549 g/mol. The van der Waals surface area contributed by atoms with E-state index in [1.807, 2.05) is 26.0 Å². The third-order valence-electron chi connectivity index (χ3n) is 7.76. The van der Waals surface area contributed by atoms with Gasteiger partial charge < -0.3 is 19.8 Å². The van der Waals surface area contributed by atoms with Crippen molar-refractivity contribution in [3.05, 3.63) is 75.2 Å². The Labute approximate surface area is 229 Å². The van der Waals surface area contributed by atoms with Crippen LogP contribution in [0.2, 0.25) is 0 Å². The molecule has 1 amide bonds. The van der Waals surface area contributed by atoms with Gasteiger partial charge in [-0.1, -0.05) is 11.2 Å². The predicted octanol–water partition coefficient (Wildman–Crippen LogP) is 3.36. The summed E-state index contributed by atoms with van der Waals surface area (Å²) in [7, 11) is 0. The van der Waals surface area contributed by atoms with Crippen LogP contribution in [0.3, 0.4) is 0 Å². The average Bonchev–Trinajstić information content (AvgIpc) is 3.56. The summed E-state index contributed by atoms with van der Waals surface area (Å²) in [5.74, 6) is -1.11. The van der Waals surface area contributed by atoms with Crippen LogP contribution in [0, 0.1) is 19.7 Å².